The first-order valence-corrected chi connectivity index (χ1v) is 3.14. The standard InChI is InChI=1S/C8H9NO2.Li/c1-11-7-5-3-2-4-6(7)8(9)10;/h2-5H,1H3,(H2,9,10);/q;+1/p-1. The summed E-state index contributed by atoms with van der Waals surface area (Å²) in [4.78, 5) is 10.6. The molecule has 0 spiro atoms. The number of hydrogen-bond acceptors (Lipinski definition) is 2. The third kappa shape index (κ3) is 2.30. The van der Waals surface area contributed by atoms with Crippen molar-refractivity contribution >= 4 is 5.91 Å². The van der Waals surface area contributed by atoms with Gasteiger partial charge < -0.3 is 15.3 Å². The number of methoxy groups -OCH3 is 1. The number of carbonyl (C=O) groups excluding carboxylic acids is 1. The fraction of sp³-hybridized carbons (Fsp3) is 0.125. The normalized spacial score (nSPS) is 8.42. The monoisotopic (exact) mass is 157 g/mol. The summed E-state index contributed by atoms with van der Waals surface area (Å²) in [6, 6.07) is 6.67. The van der Waals surface area contributed by atoms with E-state index in [2.05, 4.69) is 0 Å². The van der Waals surface area contributed by atoms with Crippen LogP contribution in [0.25, 0.3) is 5.73 Å². The Hall–Kier alpha value is -0.913. The minimum Gasteiger partial charge on any atom is -0.663 e. The van der Waals surface area contributed by atoms with Gasteiger partial charge in [-0.25, -0.2) is 0 Å². The molecule has 3 nitrogen and oxygen atoms in total. The summed E-state index contributed by atoms with van der Waals surface area (Å²) in [5.74, 6) is -0.269. The number of carbonyl (C=O) groups is 1. The molecule has 0 aromatic heterocycles. The van der Waals surface area contributed by atoms with Crippen LogP contribution >= 0.6 is 0 Å². The smallest absolute Gasteiger partial charge is 0.663 e. The average molecular weight is 157 g/mol. The fourth-order valence-corrected chi connectivity index (χ4v) is 0.832. The maximum Gasteiger partial charge on any atom is 1.00 e. The molecule has 0 aliphatic rings. The second-order valence-electron chi connectivity index (χ2n) is 2.03. The van der Waals surface area contributed by atoms with Crippen LogP contribution in [0.4, 0.5) is 0 Å². The van der Waals surface area contributed by atoms with Gasteiger partial charge in [-0.05, 0) is 12.1 Å². The van der Waals surface area contributed by atoms with Gasteiger partial charge in [0, 0.05) is 5.56 Å². The summed E-state index contributed by atoms with van der Waals surface area (Å²) in [7, 11) is 1.47. The van der Waals surface area contributed by atoms with Gasteiger partial charge in [-0.1, -0.05) is 12.1 Å². The minimum atomic E-state index is -0.720. The summed E-state index contributed by atoms with van der Waals surface area (Å²) in [5, 5.41) is 0. The van der Waals surface area contributed by atoms with Crippen molar-refractivity contribution in [3.63, 3.8) is 0 Å². The molecular formula is C8H8LiNO2. The summed E-state index contributed by atoms with van der Waals surface area (Å²) in [6.07, 6.45) is 0. The second kappa shape index (κ2) is 4.86. The van der Waals surface area contributed by atoms with Crippen LogP contribution in [-0.4, -0.2) is 13.0 Å². The Labute approximate surface area is 83.1 Å². The van der Waals surface area contributed by atoms with Gasteiger partial charge in [0.1, 0.15) is 5.75 Å². The molecule has 0 unspecified atom stereocenters. The van der Waals surface area contributed by atoms with Crippen LogP contribution < -0.4 is 23.6 Å². The molecule has 0 fully saturated rings. The first-order valence-electron chi connectivity index (χ1n) is 3.14. The molecule has 0 saturated carbocycles. The molecule has 1 N–H and O–H groups in total. The largest absolute Gasteiger partial charge is 1.00 e. The predicted octanol–water partition coefficient (Wildman–Crippen LogP) is -1.11. The van der Waals surface area contributed by atoms with Crippen molar-refractivity contribution in [3.05, 3.63) is 35.6 Å². The molecule has 0 aliphatic heterocycles. The summed E-state index contributed by atoms with van der Waals surface area (Å²) < 4.78 is 4.87. The zero-order valence-electron chi connectivity index (χ0n) is 7.13. The van der Waals surface area contributed by atoms with Gasteiger partial charge in [0.2, 0.25) is 0 Å². The third-order valence-electron chi connectivity index (χ3n) is 1.35. The number of ether oxygens (including phenoxy) is 1. The van der Waals surface area contributed by atoms with Crippen molar-refractivity contribution < 1.29 is 28.4 Å². The Kier molecular flexibility index (Phi) is 4.49. The van der Waals surface area contributed by atoms with Crippen LogP contribution in [0.3, 0.4) is 0 Å². The zero-order chi connectivity index (χ0) is 8.27. The Bertz CT molecular complexity index is 276. The number of amides is 1. The van der Waals surface area contributed by atoms with Gasteiger partial charge in [0.05, 0.1) is 13.0 Å². The number of hydrogen-bond donors (Lipinski definition) is 0. The van der Waals surface area contributed by atoms with Crippen LogP contribution in [0.15, 0.2) is 24.3 Å². The molecule has 0 atom stereocenters. The van der Waals surface area contributed by atoms with Crippen LogP contribution in [0.5, 0.6) is 5.75 Å². The molecule has 1 aromatic rings. The number of para-hydroxylation sites is 1. The molecule has 0 aliphatic carbocycles. The van der Waals surface area contributed by atoms with Gasteiger partial charge >= 0.3 is 18.9 Å². The van der Waals surface area contributed by atoms with Crippen molar-refractivity contribution in [2.24, 2.45) is 0 Å². The molecule has 1 aromatic carbocycles. The van der Waals surface area contributed by atoms with Crippen molar-refractivity contribution in [2.45, 2.75) is 0 Å². The van der Waals surface area contributed by atoms with Gasteiger partial charge in [0.25, 0.3) is 0 Å². The SMILES string of the molecule is COc1ccccc1C([NH-])=O.[Li+]. The van der Waals surface area contributed by atoms with Crippen molar-refractivity contribution in [1.29, 1.82) is 0 Å². The van der Waals surface area contributed by atoms with E-state index in [4.69, 9.17) is 10.5 Å². The first kappa shape index (κ1) is 11.1. The quantitative estimate of drug-likeness (QED) is 0.511. The van der Waals surface area contributed by atoms with E-state index in [-0.39, 0.29) is 18.9 Å². The summed E-state index contributed by atoms with van der Waals surface area (Å²) in [5.41, 5.74) is 7.14. The van der Waals surface area contributed by atoms with Gasteiger partial charge in [-0.2, -0.15) is 0 Å². The predicted molar refractivity (Wildman–Crippen MR) is 41.6 cm³/mol. The van der Waals surface area contributed by atoms with E-state index in [0.717, 1.165) is 0 Å². The van der Waals surface area contributed by atoms with E-state index in [1.165, 1.54) is 7.11 Å². The van der Waals surface area contributed by atoms with Gasteiger partial charge in [-0.15, -0.1) is 0 Å². The van der Waals surface area contributed by atoms with E-state index >= 15 is 0 Å². The van der Waals surface area contributed by atoms with Crippen LogP contribution in [0, 0.1) is 0 Å². The Balaban J connectivity index is 0.00000121. The van der Waals surface area contributed by atoms with E-state index in [1.54, 1.807) is 24.3 Å². The fourth-order valence-electron chi connectivity index (χ4n) is 0.832. The molecule has 0 radical (unpaired) electrons. The number of nitrogens with one attached hydrogen (secondary N) is 1. The molecule has 0 heterocycles. The number of benzene rings is 1. The third-order valence-corrected chi connectivity index (χ3v) is 1.35. The van der Waals surface area contributed by atoms with Crippen molar-refractivity contribution in [1.82, 2.24) is 0 Å². The van der Waals surface area contributed by atoms with Crippen LogP contribution in [0.1, 0.15) is 10.4 Å². The molecule has 0 saturated heterocycles. The van der Waals surface area contributed by atoms with Crippen molar-refractivity contribution in [3.8, 4) is 5.75 Å². The summed E-state index contributed by atoms with van der Waals surface area (Å²) in [6.45, 7) is 0. The van der Waals surface area contributed by atoms with E-state index in [0.29, 0.717) is 11.3 Å². The van der Waals surface area contributed by atoms with Crippen LogP contribution in [0.2, 0.25) is 0 Å². The van der Waals surface area contributed by atoms with Gasteiger partial charge in [0.15, 0.2) is 0 Å². The molecule has 1 amide bonds. The van der Waals surface area contributed by atoms with Gasteiger partial charge in [-0.3, -0.25) is 0 Å². The van der Waals surface area contributed by atoms with E-state index in [1.807, 2.05) is 0 Å². The average Bonchev–Trinajstić information content (AvgIpc) is 2.04. The molecule has 58 valence electrons. The molecule has 4 heteroatoms. The Morgan fingerprint density at radius 3 is 2.42 bits per heavy atom. The van der Waals surface area contributed by atoms with Crippen LogP contribution in [-0.2, 0) is 0 Å². The van der Waals surface area contributed by atoms with E-state index in [9.17, 15) is 4.79 Å². The Morgan fingerprint density at radius 1 is 1.42 bits per heavy atom. The molecule has 12 heavy (non-hydrogen) atoms. The molecular weight excluding hydrogens is 149 g/mol. The Morgan fingerprint density at radius 2 is 2.00 bits per heavy atom. The zero-order valence-corrected chi connectivity index (χ0v) is 7.13. The maximum absolute atomic E-state index is 10.6. The van der Waals surface area contributed by atoms with E-state index < -0.39 is 5.91 Å². The molecule has 0 bridgehead atoms. The minimum absolute atomic E-state index is 0. The van der Waals surface area contributed by atoms with Crippen molar-refractivity contribution in [2.75, 3.05) is 7.11 Å². The maximum atomic E-state index is 10.6. The topological polar surface area (TPSA) is 50.1 Å². The number of rotatable bonds is 2. The first-order chi connectivity index (χ1) is 5.25. The summed E-state index contributed by atoms with van der Waals surface area (Å²) >= 11 is 0. The molecule has 1 rings (SSSR count). The second-order valence-corrected chi connectivity index (χ2v) is 2.03.